The van der Waals surface area contributed by atoms with Crippen LogP contribution in [-0.2, 0) is 28.7 Å². The molecule has 1 N–H and O–H groups in total. The van der Waals surface area contributed by atoms with Crippen LogP contribution in [0.25, 0.3) is 0 Å². The summed E-state index contributed by atoms with van der Waals surface area (Å²) >= 11 is 0. The van der Waals surface area contributed by atoms with Crippen molar-refractivity contribution in [2.75, 3.05) is 6.67 Å². The van der Waals surface area contributed by atoms with Gasteiger partial charge in [0.15, 0.2) is 6.67 Å². The fourth-order valence-corrected chi connectivity index (χ4v) is 2.15. The van der Waals surface area contributed by atoms with E-state index in [2.05, 4.69) is 5.32 Å². The van der Waals surface area contributed by atoms with Crippen molar-refractivity contribution in [3.8, 4) is 0 Å². The molecule has 1 rings (SSSR count). The molecule has 8 nitrogen and oxygen atoms in total. The third-order valence-corrected chi connectivity index (χ3v) is 3.45. The molecule has 0 aliphatic carbocycles. The molecule has 2 atom stereocenters. The number of esters is 2. The zero-order valence-electron chi connectivity index (χ0n) is 12.7. The van der Waals surface area contributed by atoms with Gasteiger partial charge in [-0.1, -0.05) is 13.8 Å². The van der Waals surface area contributed by atoms with Gasteiger partial charge in [0.25, 0.3) is 0 Å². The molecule has 8 heteroatoms. The van der Waals surface area contributed by atoms with Crippen LogP contribution in [0.1, 0.15) is 40.5 Å². The number of ether oxygens (including phenoxy) is 2. The van der Waals surface area contributed by atoms with Crippen LogP contribution >= 0.6 is 0 Å². The van der Waals surface area contributed by atoms with Gasteiger partial charge >= 0.3 is 30.0 Å². The largest absolute Gasteiger partial charge is 0.435 e. The van der Waals surface area contributed by atoms with E-state index in [4.69, 9.17) is 9.47 Å². The topological polar surface area (TPSA) is 98.8 Å². The molecule has 0 saturated carbocycles. The molecule has 2 unspecified atom stereocenters. The Balaban J connectivity index is 3.13. The monoisotopic (exact) mass is 301 g/mol. The molecule has 0 aromatic heterocycles. The van der Waals surface area contributed by atoms with Gasteiger partial charge in [0.1, 0.15) is 0 Å². The Bertz CT molecular complexity index is 448. The molecule has 2 amide bonds. The summed E-state index contributed by atoms with van der Waals surface area (Å²) in [6, 6.07) is 0. The average Bonchev–Trinajstić information content (AvgIpc) is 2.78. The van der Waals surface area contributed by atoms with Crippen molar-refractivity contribution in [3.63, 3.8) is 0 Å². The van der Waals surface area contributed by atoms with Crippen molar-refractivity contribution in [2.45, 2.75) is 53.0 Å². The Kier molecular flexibility index (Phi) is 5.56. The maximum absolute atomic E-state index is 12.0. The summed E-state index contributed by atoms with van der Waals surface area (Å²) in [5, 5.41) is 2.77. The van der Waals surface area contributed by atoms with Gasteiger partial charge in [0.05, 0.1) is 13.8 Å². The number of rotatable bonds is 4. The second-order valence-electron chi connectivity index (χ2n) is 4.77. The zero-order chi connectivity index (χ0) is 16.2. The standard InChI is InChI=1S/C13H21N2O6/c1-5-10(18)20-12-13(21-11(19)6-2)15(7-14-12,8(3)16)9(4)17/h12-14H,5-7H2,1-4H3/q+1. The van der Waals surface area contributed by atoms with Crippen molar-refractivity contribution in [2.24, 2.45) is 0 Å². The minimum absolute atomic E-state index is 0.0841. The van der Waals surface area contributed by atoms with Gasteiger partial charge < -0.3 is 9.47 Å². The predicted molar refractivity (Wildman–Crippen MR) is 70.0 cm³/mol. The lowest BCUT2D eigenvalue weighted by atomic mass is 10.3. The first kappa shape index (κ1) is 17.3. The second-order valence-corrected chi connectivity index (χ2v) is 4.77. The molecular weight excluding hydrogens is 280 g/mol. The summed E-state index contributed by atoms with van der Waals surface area (Å²) < 4.78 is 9.61. The quantitative estimate of drug-likeness (QED) is 0.577. The highest BCUT2D eigenvalue weighted by molar-refractivity contribution is 5.83. The molecule has 0 aromatic carbocycles. The Morgan fingerprint density at radius 3 is 1.90 bits per heavy atom. The Labute approximate surface area is 123 Å². The molecule has 0 radical (unpaired) electrons. The fourth-order valence-electron chi connectivity index (χ4n) is 2.15. The SMILES string of the molecule is CCC(=O)OC1NC[N+](C(C)=O)(C(C)=O)C1OC(=O)CC. The minimum atomic E-state index is -1.21. The maximum atomic E-state index is 12.0. The molecule has 118 valence electrons. The molecule has 1 saturated heterocycles. The van der Waals surface area contributed by atoms with Gasteiger partial charge in [-0.05, 0) is 0 Å². The van der Waals surface area contributed by atoms with Crippen LogP contribution in [0.2, 0.25) is 0 Å². The first-order valence-electron chi connectivity index (χ1n) is 6.81. The molecule has 1 aliphatic rings. The fraction of sp³-hybridized carbons (Fsp3) is 0.692. The molecule has 1 fully saturated rings. The second kappa shape index (κ2) is 6.77. The first-order chi connectivity index (χ1) is 9.79. The van der Waals surface area contributed by atoms with Crippen LogP contribution in [0.3, 0.4) is 0 Å². The summed E-state index contributed by atoms with van der Waals surface area (Å²) in [6.07, 6.45) is -2.02. The predicted octanol–water partition coefficient (Wildman–Crippen LogP) is 0.0155. The van der Waals surface area contributed by atoms with Gasteiger partial charge in [-0.25, -0.2) is 14.9 Å². The van der Waals surface area contributed by atoms with Crippen molar-refractivity contribution in [3.05, 3.63) is 0 Å². The average molecular weight is 301 g/mol. The number of hydrogen-bond acceptors (Lipinski definition) is 7. The molecular formula is C13H21N2O6+. The van der Waals surface area contributed by atoms with E-state index < -0.39 is 40.7 Å². The Hall–Kier alpha value is -1.80. The molecule has 0 aromatic rings. The summed E-state index contributed by atoms with van der Waals surface area (Å²) in [6.45, 7) is 5.59. The van der Waals surface area contributed by atoms with Crippen LogP contribution in [-0.4, -0.2) is 47.4 Å². The van der Waals surface area contributed by atoms with Crippen LogP contribution < -0.4 is 5.32 Å². The van der Waals surface area contributed by atoms with Crippen LogP contribution in [0.15, 0.2) is 0 Å². The smallest absolute Gasteiger partial charge is 0.322 e. The highest BCUT2D eigenvalue weighted by atomic mass is 16.6. The molecule has 0 spiro atoms. The van der Waals surface area contributed by atoms with Gasteiger partial charge in [0.2, 0.25) is 6.23 Å². The van der Waals surface area contributed by atoms with E-state index in [1.165, 1.54) is 13.8 Å². The van der Waals surface area contributed by atoms with E-state index in [0.29, 0.717) is 0 Å². The normalized spacial score (nSPS) is 23.4. The number of quaternary nitrogens is 1. The number of amides is 2. The number of nitrogens with one attached hydrogen (secondary N) is 1. The Morgan fingerprint density at radius 1 is 1.00 bits per heavy atom. The summed E-state index contributed by atoms with van der Waals surface area (Å²) in [5.74, 6) is -2.07. The summed E-state index contributed by atoms with van der Waals surface area (Å²) in [4.78, 5) is 47.0. The number of nitrogens with zero attached hydrogens (tertiary/aromatic N) is 1. The molecule has 1 heterocycles. The van der Waals surface area contributed by atoms with Crippen molar-refractivity contribution in [1.29, 1.82) is 0 Å². The minimum Gasteiger partial charge on any atom is -0.435 e. The van der Waals surface area contributed by atoms with E-state index >= 15 is 0 Å². The van der Waals surface area contributed by atoms with Crippen LogP contribution in [0, 0.1) is 0 Å². The number of carbonyl (C=O) groups is 4. The highest BCUT2D eigenvalue weighted by Crippen LogP contribution is 2.26. The maximum Gasteiger partial charge on any atom is 0.322 e. The van der Waals surface area contributed by atoms with Gasteiger partial charge in [-0.2, -0.15) is 0 Å². The number of imide groups is 1. The van der Waals surface area contributed by atoms with Gasteiger partial charge in [0, 0.05) is 12.8 Å². The first-order valence-corrected chi connectivity index (χ1v) is 6.81. The van der Waals surface area contributed by atoms with Gasteiger partial charge in [-0.3, -0.25) is 9.59 Å². The lowest BCUT2D eigenvalue weighted by Crippen LogP contribution is -2.61. The van der Waals surface area contributed by atoms with Crippen molar-refractivity contribution < 1.29 is 33.1 Å². The van der Waals surface area contributed by atoms with E-state index in [1.54, 1.807) is 13.8 Å². The summed E-state index contributed by atoms with van der Waals surface area (Å²) in [5.41, 5.74) is 0. The molecule has 21 heavy (non-hydrogen) atoms. The lowest BCUT2D eigenvalue weighted by Gasteiger charge is -2.31. The lowest BCUT2D eigenvalue weighted by molar-refractivity contribution is -0.817. The van der Waals surface area contributed by atoms with Crippen molar-refractivity contribution >= 4 is 23.8 Å². The Morgan fingerprint density at radius 2 is 1.48 bits per heavy atom. The summed E-state index contributed by atoms with van der Waals surface area (Å²) in [7, 11) is 0. The van der Waals surface area contributed by atoms with E-state index in [-0.39, 0.29) is 19.5 Å². The van der Waals surface area contributed by atoms with Crippen LogP contribution in [0.4, 0.5) is 0 Å². The van der Waals surface area contributed by atoms with Crippen molar-refractivity contribution in [1.82, 2.24) is 5.32 Å². The van der Waals surface area contributed by atoms with E-state index in [9.17, 15) is 19.2 Å². The molecule has 1 aliphatic heterocycles. The number of carbonyl (C=O) groups excluding carboxylic acids is 4. The molecule has 0 bridgehead atoms. The zero-order valence-corrected chi connectivity index (χ0v) is 12.7. The van der Waals surface area contributed by atoms with Crippen LogP contribution in [0.5, 0.6) is 0 Å². The third kappa shape index (κ3) is 3.27. The third-order valence-electron chi connectivity index (χ3n) is 3.45. The van der Waals surface area contributed by atoms with Gasteiger partial charge in [-0.15, -0.1) is 4.48 Å². The number of hydrogen-bond donors (Lipinski definition) is 1. The highest BCUT2D eigenvalue weighted by Gasteiger charge is 2.59. The van der Waals surface area contributed by atoms with E-state index in [1.807, 2.05) is 0 Å². The van der Waals surface area contributed by atoms with E-state index in [0.717, 1.165) is 0 Å².